The number of nitrogens with one attached hydrogen (secondary N) is 1. The van der Waals surface area contributed by atoms with Crippen LogP contribution >= 0.6 is 0 Å². The van der Waals surface area contributed by atoms with Crippen molar-refractivity contribution < 1.29 is 9.53 Å². The number of rotatable bonds is 3. The van der Waals surface area contributed by atoms with E-state index < -0.39 is 0 Å². The lowest BCUT2D eigenvalue weighted by atomic mass is 10.1. The molecule has 7 heteroatoms. The molecular formula is C16H17N5O2. The molecule has 23 heavy (non-hydrogen) atoms. The number of anilines is 1. The molecule has 0 bridgehead atoms. The van der Waals surface area contributed by atoms with Gasteiger partial charge >= 0.3 is 0 Å². The summed E-state index contributed by atoms with van der Waals surface area (Å²) < 4.78 is 6.89. The smallest absolute Gasteiger partial charge is 0.257 e. The number of carbonyl (C=O) groups excluding carboxylic acids is 1. The van der Waals surface area contributed by atoms with Crippen molar-refractivity contribution in [1.82, 2.24) is 19.7 Å². The van der Waals surface area contributed by atoms with E-state index in [1.807, 2.05) is 20.9 Å². The fourth-order valence-electron chi connectivity index (χ4n) is 2.57. The van der Waals surface area contributed by atoms with Crippen LogP contribution in [0.4, 0.5) is 5.82 Å². The van der Waals surface area contributed by atoms with Crippen LogP contribution in [0.5, 0.6) is 5.75 Å². The number of carbonyl (C=O) groups is 1. The Bertz CT molecular complexity index is 901. The van der Waals surface area contributed by atoms with Crippen molar-refractivity contribution >= 4 is 22.8 Å². The Kier molecular flexibility index (Phi) is 3.69. The molecule has 0 spiro atoms. The molecule has 7 nitrogen and oxygen atoms in total. The molecule has 3 aromatic rings. The minimum absolute atomic E-state index is 0.270. The van der Waals surface area contributed by atoms with E-state index in [9.17, 15) is 4.79 Å². The Hall–Kier alpha value is -2.96. The van der Waals surface area contributed by atoms with Gasteiger partial charge in [-0.3, -0.25) is 9.48 Å². The van der Waals surface area contributed by atoms with Crippen LogP contribution in [0.1, 0.15) is 21.7 Å². The van der Waals surface area contributed by atoms with Crippen LogP contribution in [-0.4, -0.2) is 32.8 Å². The highest BCUT2D eigenvalue weighted by atomic mass is 16.5. The van der Waals surface area contributed by atoms with Crippen molar-refractivity contribution in [3.8, 4) is 5.75 Å². The fraction of sp³-hybridized carbons (Fsp3) is 0.250. The lowest BCUT2D eigenvalue weighted by molar-refractivity contribution is 0.102. The molecule has 0 atom stereocenters. The molecule has 0 saturated carbocycles. The summed E-state index contributed by atoms with van der Waals surface area (Å²) in [6.07, 6.45) is 1.60. The van der Waals surface area contributed by atoms with E-state index in [1.165, 1.54) is 7.11 Å². The van der Waals surface area contributed by atoms with E-state index >= 15 is 0 Å². The molecule has 0 aliphatic heterocycles. The summed E-state index contributed by atoms with van der Waals surface area (Å²) in [5, 5.41) is 7.88. The van der Waals surface area contributed by atoms with Crippen molar-refractivity contribution in [2.75, 3.05) is 12.4 Å². The third-order valence-corrected chi connectivity index (χ3v) is 3.56. The molecule has 0 radical (unpaired) electrons. The second-order valence-corrected chi connectivity index (χ2v) is 5.23. The zero-order chi connectivity index (χ0) is 16.6. The molecule has 0 unspecified atom stereocenters. The van der Waals surface area contributed by atoms with E-state index in [-0.39, 0.29) is 5.91 Å². The summed E-state index contributed by atoms with van der Waals surface area (Å²) in [7, 11) is 3.35. The second-order valence-electron chi connectivity index (χ2n) is 5.23. The number of hydrogen-bond donors (Lipinski definition) is 1. The van der Waals surface area contributed by atoms with Gasteiger partial charge < -0.3 is 10.1 Å². The van der Waals surface area contributed by atoms with E-state index in [0.29, 0.717) is 22.8 Å². The van der Waals surface area contributed by atoms with Crippen LogP contribution in [0.3, 0.4) is 0 Å². The third kappa shape index (κ3) is 2.61. The molecular weight excluding hydrogens is 294 g/mol. The van der Waals surface area contributed by atoms with E-state index in [0.717, 1.165) is 16.8 Å². The third-order valence-electron chi connectivity index (χ3n) is 3.56. The van der Waals surface area contributed by atoms with Crippen molar-refractivity contribution in [3.05, 3.63) is 41.3 Å². The average Bonchev–Trinajstić information content (AvgIpc) is 2.81. The Balaban J connectivity index is 2.08. The predicted molar refractivity (Wildman–Crippen MR) is 86.7 cm³/mol. The summed E-state index contributed by atoms with van der Waals surface area (Å²) in [4.78, 5) is 21.4. The van der Waals surface area contributed by atoms with Gasteiger partial charge in [0.05, 0.1) is 23.8 Å². The Labute approximate surface area is 133 Å². The number of aromatic nitrogens is 4. The van der Waals surface area contributed by atoms with Crippen LogP contribution < -0.4 is 10.1 Å². The molecule has 0 aromatic carbocycles. The number of aryl methyl sites for hydroxylation is 3. The molecule has 3 rings (SSSR count). The average molecular weight is 311 g/mol. The second kappa shape index (κ2) is 5.68. The van der Waals surface area contributed by atoms with E-state index in [4.69, 9.17) is 4.74 Å². The first-order valence-electron chi connectivity index (χ1n) is 7.12. The Morgan fingerprint density at radius 3 is 2.87 bits per heavy atom. The minimum Gasteiger partial charge on any atom is -0.493 e. The van der Waals surface area contributed by atoms with Gasteiger partial charge in [0, 0.05) is 18.9 Å². The van der Waals surface area contributed by atoms with Gasteiger partial charge in [0.15, 0.2) is 17.2 Å². The van der Waals surface area contributed by atoms with Crippen molar-refractivity contribution in [2.24, 2.45) is 7.05 Å². The molecule has 1 N–H and O–H groups in total. The summed E-state index contributed by atoms with van der Waals surface area (Å²) in [6.45, 7) is 3.71. The maximum Gasteiger partial charge on any atom is 0.257 e. The summed E-state index contributed by atoms with van der Waals surface area (Å²) in [5.41, 5.74) is 2.71. The number of fused-ring (bicyclic) bond motifs is 1. The lowest BCUT2D eigenvalue weighted by Gasteiger charge is -2.10. The molecule has 3 heterocycles. The number of nitrogens with zero attached hydrogens (tertiary/aromatic N) is 4. The molecule has 118 valence electrons. The monoisotopic (exact) mass is 311 g/mol. The highest BCUT2D eigenvalue weighted by Gasteiger charge is 2.19. The standard InChI is InChI=1S/C16H17N5O2/c1-9-8-11(13-10(2)20-21(3)15(13)18-9)16(22)19-14-12(23-4)6-5-7-17-14/h5-8H,1-4H3,(H,17,19,22). The van der Waals surface area contributed by atoms with Gasteiger partial charge in [-0.1, -0.05) is 0 Å². The fourth-order valence-corrected chi connectivity index (χ4v) is 2.57. The molecule has 0 aliphatic rings. The molecule has 0 saturated heterocycles. The zero-order valence-corrected chi connectivity index (χ0v) is 13.4. The van der Waals surface area contributed by atoms with Gasteiger partial charge in [0.25, 0.3) is 5.91 Å². The SMILES string of the molecule is COc1cccnc1NC(=O)c1cc(C)nc2c1c(C)nn2C. The van der Waals surface area contributed by atoms with Crippen molar-refractivity contribution in [2.45, 2.75) is 13.8 Å². The van der Waals surface area contributed by atoms with Crippen LogP contribution in [0.15, 0.2) is 24.4 Å². The summed E-state index contributed by atoms with van der Waals surface area (Å²) >= 11 is 0. The van der Waals surface area contributed by atoms with Gasteiger partial charge in [0.1, 0.15) is 0 Å². The molecule has 0 fully saturated rings. The Morgan fingerprint density at radius 2 is 2.13 bits per heavy atom. The first-order valence-corrected chi connectivity index (χ1v) is 7.12. The number of amides is 1. The van der Waals surface area contributed by atoms with Gasteiger partial charge in [0.2, 0.25) is 0 Å². The quantitative estimate of drug-likeness (QED) is 0.802. The van der Waals surface area contributed by atoms with Crippen molar-refractivity contribution in [1.29, 1.82) is 0 Å². The van der Waals surface area contributed by atoms with Crippen LogP contribution in [0.2, 0.25) is 0 Å². The molecule has 3 aromatic heterocycles. The maximum atomic E-state index is 12.7. The Morgan fingerprint density at radius 1 is 1.35 bits per heavy atom. The topological polar surface area (TPSA) is 81.9 Å². The highest BCUT2D eigenvalue weighted by Crippen LogP contribution is 2.25. The minimum atomic E-state index is -0.270. The normalized spacial score (nSPS) is 10.8. The predicted octanol–water partition coefficient (Wildman–Crippen LogP) is 2.24. The highest BCUT2D eigenvalue weighted by molar-refractivity contribution is 6.12. The van der Waals surface area contributed by atoms with Crippen molar-refractivity contribution in [3.63, 3.8) is 0 Å². The molecule has 1 amide bonds. The van der Waals surface area contributed by atoms with Crippen LogP contribution in [0, 0.1) is 13.8 Å². The van der Waals surface area contributed by atoms with Crippen LogP contribution in [0.25, 0.3) is 11.0 Å². The number of ether oxygens (including phenoxy) is 1. The zero-order valence-electron chi connectivity index (χ0n) is 13.4. The van der Waals surface area contributed by atoms with Gasteiger partial charge in [-0.15, -0.1) is 0 Å². The van der Waals surface area contributed by atoms with E-state index in [2.05, 4.69) is 20.4 Å². The van der Waals surface area contributed by atoms with Gasteiger partial charge in [-0.05, 0) is 32.0 Å². The first kappa shape index (κ1) is 15.0. The van der Waals surface area contributed by atoms with Gasteiger partial charge in [-0.2, -0.15) is 5.10 Å². The van der Waals surface area contributed by atoms with Crippen LogP contribution in [-0.2, 0) is 7.05 Å². The maximum absolute atomic E-state index is 12.7. The summed E-state index contributed by atoms with van der Waals surface area (Å²) in [5.74, 6) is 0.614. The molecule has 0 aliphatic carbocycles. The van der Waals surface area contributed by atoms with Gasteiger partial charge in [-0.25, -0.2) is 9.97 Å². The lowest BCUT2D eigenvalue weighted by Crippen LogP contribution is -2.15. The first-order chi connectivity index (χ1) is 11.0. The van der Waals surface area contributed by atoms with E-state index in [1.54, 1.807) is 29.1 Å². The number of pyridine rings is 2. The largest absolute Gasteiger partial charge is 0.493 e. The summed E-state index contributed by atoms with van der Waals surface area (Å²) in [6, 6.07) is 5.24. The number of hydrogen-bond acceptors (Lipinski definition) is 5. The number of methoxy groups -OCH3 is 1.